The van der Waals surface area contributed by atoms with Gasteiger partial charge >= 0.3 is 0 Å². The molecule has 1 aromatic heterocycles. The fourth-order valence-corrected chi connectivity index (χ4v) is 1.69. The van der Waals surface area contributed by atoms with Crippen molar-refractivity contribution in [3.63, 3.8) is 0 Å². The molecule has 0 aliphatic carbocycles. The summed E-state index contributed by atoms with van der Waals surface area (Å²) in [5.74, 6) is 2.61. The third-order valence-corrected chi connectivity index (χ3v) is 2.76. The van der Waals surface area contributed by atoms with Crippen molar-refractivity contribution in [2.75, 3.05) is 0 Å². The van der Waals surface area contributed by atoms with Crippen LogP contribution in [0.2, 0.25) is 0 Å². The third-order valence-electron chi connectivity index (χ3n) is 2.76. The second kappa shape index (κ2) is 5.26. The highest BCUT2D eigenvalue weighted by atomic mass is 15.3. The summed E-state index contributed by atoms with van der Waals surface area (Å²) in [6, 6.07) is 0.387. The van der Waals surface area contributed by atoms with Gasteiger partial charge in [0.1, 0.15) is 11.6 Å². The lowest BCUT2D eigenvalue weighted by atomic mass is 10.0. The minimum atomic E-state index is 0.387. The van der Waals surface area contributed by atoms with E-state index in [1.165, 1.54) is 6.42 Å². The van der Waals surface area contributed by atoms with Gasteiger partial charge in [0.25, 0.3) is 0 Å². The second-order valence-electron chi connectivity index (χ2n) is 4.42. The SMILES string of the molecule is CCC(C)Cc1nnc(CN)n1C(C)C. The molecule has 2 N–H and O–H groups in total. The first kappa shape index (κ1) is 12.2. The Labute approximate surface area is 91.9 Å². The standard InChI is InChI=1S/C11H22N4/c1-5-9(4)6-10-13-14-11(7-12)15(10)8(2)3/h8-9H,5-7,12H2,1-4H3. The van der Waals surface area contributed by atoms with Crippen LogP contribution in [0.3, 0.4) is 0 Å². The summed E-state index contributed by atoms with van der Waals surface area (Å²) in [4.78, 5) is 0. The van der Waals surface area contributed by atoms with E-state index in [0.29, 0.717) is 18.5 Å². The fourth-order valence-electron chi connectivity index (χ4n) is 1.69. The Morgan fingerprint density at radius 1 is 1.20 bits per heavy atom. The minimum Gasteiger partial charge on any atom is -0.324 e. The summed E-state index contributed by atoms with van der Waals surface area (Å²) >= 11 is 0. The largest absolute Gasteiger partial charge is 0.324 e. The molecule has 0 fully saturated rings. The second-order valence-corrected chi connectivity index (χ2v) is 4.42. The first-order chi connectivity index (χ1) is 7.10. The van der Waals surface area contributed by atoms with Crippen LogP contribution in [0.4, 0.5) is 0 Å². The summed E-state index contributed by atoms with van der Waals surface area (Å²) < 4.78 is 2.16. The lowest BCUT2D eigenvalue weighted by molar-refractivity contribution is 0.488. The molecule has 86 valence electrons. The number of nitrogens with two attached hydrogens (primary N) is 1. The molecule has 0 bridgehead atoms. The molecule has 0 spiro atoms. The van der Waals surface area contributed by atoms with Gasteiger partial charge < -0.3 is 10.3 Å². The molecule has 1 unspecified atom stereocenters. The minimum absolute atomic E-state index is 0.387. The van der Waals surface area contributed by atoms with Gasteiger partial charge in [0.15, 0.2) is 0 Å². The Bertz CT molecular complexity index is 304. The van der Waals surface area contributed by atoms with Gasteiger partial charge in [0.05, 0.1) is 6.54 Å². The van der Waals surface area contributed by atoms with Gasteiger partial charge in [-0.25, -0.2) is 0 Å². The molecule has 0 saturated heterocycles. The third kappa shape index (κ3) is 2.78. The van der Waals surface area contributed by atoms with Crippen molar-refractivity contribution in [2.24, 2.45) is 11.7 Å². The van der Waals surface area contributed by atoms with Gasteiger partial charge in [-0.1, -0.05) is 20.3 Å². The van der Waals surface area contributed by atoms with Gasteiger partial charge in [-0.3, -0.25) is 0 Å². The van der Waals surface area contributed by atoms with E-state index in [2.05, 4.69) is 42.5 Å². The Morgan fingerprint density at radius 3 is 2.27 bits per heavy atom. The molecular weight excluding hydrogens is 188 g/mol. The van der Waals surface area contributed by atoms with E-state index in [0.717, 1.165) is 18.1 Å². The first-order valence-corrected chi connectivity index (χ1v) is 5.72. The number of nitrogens with zero attached hydrogens (tertiary/aromatic N) is 3. The van der Waals surface area contributed by atoms with Crippen LogP contribution in [-0.2, 0) is 13.0 Å². The lowest BCUT2D eigenvalue weighted by Gasteiger charge is -2.15. The van der Waals surface area contributed by atoms with E-state index >= 15 is 0 Å². The van der Waals surface area contributed by atoms with Gasteiger partial charge in [-0.05, 0) is 19.8 Å². The molecule has 4 nitrogen and oxygen atoms in total. The number of hydrogen-bond donors (Lipinski definition) is 1. The molecular formula is C11H22N4. The zero-order chi connectivity index (χ0) is 11.4. The number of rotatable bonds is 5. The zero-order valence-electron chi connectivity index (χ0n) is 10.2. The molecule has 0 aromatic carbocycles. The Balaban J connectivity index is 2.92. The lowest BCUT2D eigenvalue weighted by Crippen LogP contribution is -2.14. The van der Waals surface area contributed by atoms with Crippen LogP contribution < -0.4 is 5.73 Å². The summed E-state index contributed by atoms with van der Waals surface area (Å²) in [7, 11) is 0. The highest BCUT2D eigenvalue weighted by molar-refractivity contribution is 4.98. The van der Waals surface area contributed by atoms with Crippen LogP contribution >= 0.6 is 0 Å². The van der Waals surface area contributed by atoms with Crippen molar-refractivity contribution >= 4 is 0 Å². The van der Waals surface area contributed by atoms with Crippen molar-refractivity contribution in [1.82, 2.24) is 14.8 Å². The van der Waals surface area contributed by atoms with E-state index in [1.807, 2.05) is 0 Å². The van der Waals surface area contributed by atoms with Crippen LogP contribution in [0.15, 0.2) is 0 Å². The fraction of sp³-hybridized carbons (Fsp3) is 0.818. The predicted octanol–water partition coefficient (Wildman–Crippen LogP) is 1.91. The van der Waals surface area contributed by atoms with Crippen LogP contribution in [-0.4, -0.2) is 14.8 Å². The Morgan fingerprint density at radius 2 is 1.80 bits per heavy atom. The summed E-state index contributed by atoms with van der Waals surface area (Å²) in [5, 5.41) is 8.36. The highest BCUT2D eigenvalue weighted by Gasteiger charge is 2.14. The molecule has 0 aliphatic rings. The van der Waals surface area contributed by atoms with Crippen molar-refractivity contribution in [2.45, 2.75) is 53.1 Å². The number of hydrogen-bond acceptors (Lipinski definition) is 3. The summed E-state index contributed by atoms with van der Waals surface area (Å²) in [6.45, 7) is 9.18. The smallest absolute Gasteiger partial charge is 0.147 e. The maximum atomic E-state index is 5.64. The van der Waals surface area contributed by atoms with E-state index in [-0.39, 0.29) is 0 Å². The van der Waals surface area contributed by atoms with Crippen molar-refractivity contribution in [3.8, 4) is 0 Å². The van der Waals surface area contributed by atoms with Crippen molar-refractivity contribution < 1.29 is 0 Å². The molecule has 0 radical (unpaired) electrons. The van der Waals surface area contributed by atoms with Crippen LogP contribution in [0.1, 0.15) is 51.8 Å². The van der Waals surface area contributed by atoms with Gasteiger partial charge in [-0.15, -0.1) is 10.2 Å². The monoisotopic (exact) mass is 210 g/mol. The first-order valence-electron chi connectivity index (χ1n) is 5.72. The Hall–Kier alpha value is -0.900. The molecule has 0 amide bonds. The topological polar surface area (TPSA) is 56.7 Å². The van der Waals surface area contributed by atoms with E-state index < -0.39 is 0 Å². The molecule has 4 heteroatoms. The van der Waals surface area contributed by atoms with Gasteiger partial charge in [0, 0.05) is 12.5 Å². The zero-order valence-corrected chi connectivity index (χ0v) is 10.2. The maximum absolute atomic E-state index is 5.64. The van der Waals surface area contributed by atoms with Crippen LogP contribution in [0.5, 0.6) is 0 Å². The van der Waals surface area contributed by atoms with Crippen LogP contribution in [0.25, 0.3) is 0 Å². The average molecular weight is 210 g/mol. The van der Waals surface area contributed by atoms with Gasteiger partial charge in [-0.2, -0.15) is 0 Å². The molecule has 1 atom stereocenters. The Kier molecular flexibility index (Phi) is 4.27. The van der Waals surface area contributed by atoms with Crippen molar-refractivity contribution in [1.29, 1.82) is 0 Å². The normalized spacial score (nSPS) is 13.5. The van der Waals surface area contributed by atoms with Gasteiger partial charge in [0.2, 0.25) is 0 Å². The maximum Gasteiger partial charge on any atom is 0.147 e. The molecule has 1 rings (SSSR count). The van der Waals surface area contributed by atoms with E-state index in [4.69, 9.17) is 5.73 Å². The molecule has 15 heavy (non-hydrogen) atoms. The van der Waals surface area contributed by atoms with Crippen molar-refractivity contribution in [3.05, 3.63) is 11.6 Å². The van der Waals surface area contributed by atoms with E-state index in [1.54, 1.807) is 0 Å². The van der Waals surface area contributed by atoms with E-state index in [9.17, 15) is 0 Å². The molecule has 0 saturated carbocycles. The quantitative estimate of drug-likeness (QED) is 0.807. The summed E-state index contributed by atoms with van der Waals surface area (Å²) in [6.07, 6.45) is 2.16. The predicted molar refractivity (Wildman–Crippen MR) is 61.5 cm³/mol. The summed E-state index contributed by atoms with van der Waals surface area (Å²) in [5.41, 5.74) is 5.64. The average Bonchev–Trinajstić information content (AvgIpc) is 2.60. The van der Waals surface area contributed by atoms with Crippen LogP contribution in [0, 0.1) is 5.92 Å². The molecule has 0 aliphatic heterocycles. The number of aromatic nitrogens is 3. The molecule has 1 heterocycles. The molecule has 1 aromatic rings. The highest BCUT2D eigenvalue weighted by Crippen LogP contribution is 2.15.